The van der Waals surface area contributed by atoms with E-state index < -0.39 is 11.9 Å². The lowest BCUT2D eigenvalue weighted by atomic mass is 9.77. The SMILES string of the molecule is CC[C@@]1(O)C(=O)CCc2c1cc1n(c2=O)Cc2cc3cc4c(cc3nc2-1)OC(F)(F)O4. The molecule has 0 bridgehead atoms. The van der Waals surface area contributed by atoms with Gasteiger partial charge in [0.05, 0.1) is 23.4 Å². The minimum absolute atomic E-state index is 0.0751. The van der Waals surface area contributed by atoms with Gasteiger partial charge in [-0.25, -0.2) is 4.98 Å². The van der Waals surface area contributed by atoms with Crippen LogP contribution in [-0.4, -0.2) is 26.7 Å². The molecule has 31 heavy (non-hydrogen) atoms. The van der Waals surface area contributed by atoms with Crippen LogP contribution in [0, 0.1) is 0 Å². The number of ether oxygens (including phenoxy) is 2. The van der Waals surface area contributed by atoms with Crippen molar-refractivity contribution in [2.75, 3.05) is 0 Å². The van der Waals surface area contributed by atoms with Crippen LogP contribution in [0.2, 0.25) is 0 Å². The summed E-state index contributed by atoms with van der Waals surface area (Å²) >= 11 is 0. The topological polar surface area (TPSA) is 90.7 Å². The van der Waals surface area contributed by atoms with Crippen molar-refractivity contribution < 1.29 is 28.2 Å². The van der Waals surface area contributed by atoms with Gasteiger partial charge in [0.15, 0.2) is 17.3 Å². The van der Waals surface area contributed by atoms with Crippen molar-refractivity contribution in [2.24, 2.45) is 0 Å². The Labute approximate surface area is 173 Å². The number of nitrogens with zero attached hydrogens (tertiary/aromatic N) is 2. The fraction of sp³-hybridized carbons (Fsp3) is 0.318. The molecule has 3 aromatic rings. The fourth-order valence-electron chi connectivity index (χ4n) is 4.81. The first-order valence-electron chi connectivity index (χ1n) is 9.97. The van der Waals surface area contributed by atoms with Gasteiger partial charge in [0, 0.05) is 34.6 Å². The maximum Gasteiger partial charge on any atom is 0.586 e. The summed E-state index contributed by atoms with van der Waals surface area (Å²) in [4.78, 5) is 30.2. The van der Waals surface area contributed by atoms with E-state index in [9.17, 15) is 23.5 Å². The lowest BCUT2D eigenvalue weighted by Crippen LogP contribution is -2.43. The Morgan fingerprint density at radius 2 is 1.87 bits per heavy atom. The molecule has 1 aliphatic carbocycles. The monoisotopic (exact) mass is 426 g/mol. The third-order valence-corrected chi connectivity index (χ3v) is 6.41. The molecule has 1 N–H and O–H groups in total. The van der Waals surface area contributed by atoms with Crippen LogP contribution >= 0.6 is 0 Å². The van der Waals surface area contributed by atoms with Gasteiger partial charge in [-0.2, -0.15) is 0 Å². The maximum atomic E-state index is 13.4. The largest absolute Gasteiger partial charge is 0.586 e. The second kappa shape index (κ2) is 5.67. The number of fused-ring (bicyclic) bond motifs is 6. The number of Topliss-reactive ketones (excluding diaryl/α,β-unsaturated/α-hetero) is 1. The number of aromatic nitrogens is 2. The summed E-state index contributed by atoms with van der Waals surface area (Å²) in [7, 11) is 0. The minimum atomic E-state index is -3.72. The smallest absolute Gasteiger partial charge is 0.395 e. The van der Waals surface area contributed by atoms with E-state index in [2.05, 4.69) is 14.5 Å². The second-order valence-corrected chi connectivity index (χ2v) is 8.11. The molecule has 0 saturated carbocycles. The Morgan fingerprint density at radius 1 is 1.13 bits per heavy atom. The van der Waals surface area contributed by atoms with Crippen LogP contribution in [0.4, 0.5) is 8.78 Å². The highest BCUT2D eigenvalue weighted by Crippen LogP contribution is 2.44. The van der Waals surface area contributed by atoms with E-state index >= 15 is 0 Å². The van der Waals surface area contributed by atoms with Crippen LogP contribution in [0.15, 0.2) is 29.1 Å². The average molecular weight is 426 g/mol. The number of carbonyl (C=O) groups excluding carboxylic acids is 1. The molecule has 6 rings (SSSR count). The number of hydrogen-bond acceptors (Lipinski definition) is 6. The maximum absolute atomic E-state index is 13.4. The van der Waals surface area contributed by atoms with E-state index in [0.717, 1.165) is 5.56 Å². The summed E-state index contributed by atoms with van der Waals surface area (Å²) < 4.78 is 37.4. The molecule has 4 heterocycles. The molecular formula is C22H16F2N2O5. The Morgan fingerprint density at radius 3 is 2.61 bits per heavy atom. The van der Waals surface area contributed by atoms with Gasteiger partial charge in [-0.1, -0.05) is 6.92 Å². The number of pyridine rings is 2. The third kappa shape index (κ3) is 2.38. The second-order valence-electron chi connectivity index (χ2n) is 8.11. The van der Waals surface area contributed by atoms with Gasteiger partial charge < -0.3 is 19.1 Å². The van der Waals surface area contributed by atoms with Crippen LogP contribution in [0.25, 0.3) is 22.3 Å². The number of benzene rings is 1. The molecular weight excluding hydrogens is 410 g/mol. The van der Waals surface area contributed by atoms with Crippen molar-refractivity contribution in [1.29, 1.82) is 0 Å². The van der Waals surface area contributed by atoms with E-state index in [-0.39, 0.29) is 48.6 Å². The van der Waals surface area contributed by atoms with Gasteiger partial charge in [0.25, 0.3) is 5.56 Å². The summed E-state index contributed by atoms with van der Waals surface area (Å²) in [6.45, 7) is 1.97. The van der Waals surface area contributed by atoms with E-state index in [1.807, 2.05) is 0 Å². The fourth-order valence-corrected chi connectivity index (χ4v) is 4.81. The normalized spacial score (nSPS) is 22.4. The molecule has 3 aliphatic rings. The standard InChI is InChI=1S/C22H16F2N2O5/c1-2-21(29)13-7-15-19-11(9-26(15)20(28)12(13)3-4-18(21)27)5-10-6-16-17(8-14(10)25-19)31-22(23,24)30-16/h5-8,29H,2-4,9H2,1H3/t21-/m0/s1. The number of aliphatic hydroxyl groups is 1. The van der Waals surface area contributed by atoms with Crippen molar-refractivity contribution in [2.45, 2.75) is 44.6 Å². The molecule has 2 aromatic heterocycles. The van der Waals surface area contributed by atoms with Crippen molar-refractivity contribution in [1.82, 2.24) is 9.55 Å². The first kappa shape index (κ1) is 18.4. The van der Waals surface area contributed by atoms with Gasteiger partial charge >= 0.3 is 6.29 Å². The first-order valence-corrected chi connectivity index (χ1v) is 9.97. The van der Waals surface area contributed by atoms with Crippen molar-refractivity contribution in [3.05, 3.63) is 51.3 Å². The molecule has 0 radical (unpaired) electrons. The summed E-state index contributed by atoms with van der Waals surface area (Å²) in [6.07, 6.45) is -3.15. The summed E-state index contributed by atoms with van der Waals surface area (Å²) in [5.41, 5.74) is 0.987. The lowest BCUT2D eigenvalue weighted by Gasteiger charge is -2.32. The van der Waals surface area contributed by atoms with E-state index in [1.54, 1.807) is 23.6 Å². The van der Waals surface area contributed by atoms with Crippen LogP contribution in [0.3, 0.4) is 0 Å². The van der Waals surface area contributed by atoms with Gasteiger partial charge in [-0.15, -0.1) is 8.78 Å². The van der Waals surface area contributed by atoms with E-state index in [4.69, 9.17) is 0 Å². The number of carbonyl (C=O) groups is 1. The van der Waals surface area contributed by atoms with Crippen LogP contribution in [0.1, 0.15) is 36.5 Å². The molecule has 1 aromatic carbocycles. The van der Waals surface area contributed by atoms with Gasteiger partial charge in [-0.3, -0.25) is 9.59 Å². The van der Waals surface area contributed by atoms with E-state index in [1.165, 1.54) is 12.1 Å². The van der Waals surface area contributed by atoms with Gasteiger partial charge in [0.2, 0.25) is 0 Å². The Bertz CT molecular complexity index is 1400. The minimum Gasteiger partial charge on any atom is -0.395 e. The first-order chi connectivity index (χ1) is 14.7. The molecule has 0 spiro atoms. The number of halogens is 2. The van der Waals surface area contributed by atoms with Crippen molar-refractivity contribution in [3.63, 3.8) is 0 Å². The average Bonchev–Trinajstić information content (AvgIpc) is 3.22. The van der Waals surface area contributed by atoms with Crippen molar-refractivity contribution in [3.8, 4) is 22.9 Å². The molecule has 7 nitrogen and oxygen atoms in total. The molecule has 0 amide bonds. The van der Waals surface area contributed by atoms with Crippen LogP contribution in [-0.2, 0) is 23.4 Å². The van der Waals surface area contributed by atoms with Crippen LogP contribution < -0.4 is 15.0 Å². The van der Waals surface area contributed by atoms with Crippen LogP contribution in [0.5, 0.6) is 11.5 Å². The Kier molecular flexibility index (Phi) is 3.37. The molecule has 0 fully saturated rings. The predicted octanol–water partition coefficient (Wildman–Crippen LogP) is 2.86. The highest BCUT2D eigenvalue weighted by Gasteiger charge is 2.44. The number of hydrogen-bond donors (Lipinski definition) is 1. The van der Waals surface area contributed by atoms with Gasteiger partial charge in [0.1, 0.15) is 5.60 Å². The highest BCUT2D eigenvalue weighted by atomic mass is 19.3. The van der Waals surface area contributed by atoms with E-state index in [0.29, 0.717) is 33.4 Å². The van der Waals surface area contributed by atoms with Gasteiger partial charge in [-0.05, 0) is 31.0 Å². The molecule has 0 unspecified atom stereocenters. The predicted molar refractivity (Wildman–Crippen MR) is 104 cm³/mol. The zero-order valence-corrected chi connectivity index (χ0v) is 16.4. The summed E-state index contributed by atoms with van der Waals surface area (Å²) in [5, 5.41) is 11.6. The lowest BCUT2D eigenvalue weighted by molar-refractivity contribution is -0.286. The highest BCUT2D eigenvalue weighted by molar-refractivity contribution is 5.91. The van der Waals surface area contributed by atoms with Crippen molar-refractivity contribution >= 4 is 16.7 Å². The molecule has 0 saturated heterocycles. The quantitative estimate of drug-likeness (QED) is 0.503. The Balaban J connectivity index is 1.57. The molecule has 9 heteroatoms. The third-order valence-electron chi connectivity index (χ3n) is 6.41. The number of ketones is 1. The summed E-state index contributed by atoms with van der Waals surface area (Å²) in [6, 6.07) is 6.25. The molecule has 1 atom stereocenters. The molecule has 158 valence electrons. The summed E-state index contributed by atoms with van der Waals surface area (Å²) in [5.74, 6) is -0.490. The zero-order chi connectivity index (χ0) is 21.7. The Hall–Kier alpha value is -3.33. The zero-order valence-electron chi connectivity index (χ0n) is 16.4. The number of rotatable bonds is 1. The molecule has 2 aliphatic heterocycles. The number of alkyl halides is 2.